The number of Topliss-reactive ketones (excluding diaryl/α,β-unsaturated/α-hetero) is 1. The van der Waals surface area contributed by atoms with Gasteiger partial charge in [-0.1, -0.05) is 43.3 Å². The van der Waals surface area contributed by atoms with Crippen LogP contribution in [0.3, 0.4) is 0 Å². The predicted molar refractivity (Wildman–Crippen MR) is 129 cm³/mol. The van der Waals surface area contributed by atoms with Crippen LogP contribution in [-0.4, -0.2) is 16.8 Å². The summed E-state index contributed by atoms with van der Waals surface area (Å²) in [6.07, 6.45) is 7.11. The first-order chi connectivity index (χ1) is 16.0. The summed E-state index contributed by atoms with van der Waals surface area (Å²) < 4.78 is 0. The highest BCUT2D eigenvalue weighted by Gasteiger charge is 2.58. The summed E-state index contributed by atoms with van der Waals surface area (Å²) in [6, 6.07) is 15.9. The zero-order valence-corrected chi connectivity index (χ0v) is 19.6. The van der Waals surface area contributed by atoms with E-state index in [1.165, 1.54) is 11.1 Å². The minimum Gasteiger partial charge on any atom is -0.508 e. The number of amides is 1. The molecule has 174 valence electrons. The van der Waals surface area contributed by atoms with Crippen molar-refractivity contribution >= 4 is 11.7 Å². The molecule has 0 aliphatic heterocycles. The number of hydrogen-bond acceptors (Lipinski definition) is 3. The van der Waals surface area contributed by atoms with E-state index in [2.05, 4.69) is 18.3 Å². The van der Waals surface area contributed by atoms with Gasteiger partial charge in [0.1, 0.15) is 11.5 Å². The standard InChI is InChI=1S/C29H35NO3/c1-29-15-14-24-23-13-11-22(31)16-20(23)10-12-25(24)28(29)21(17-26(29)32)8-5-9-27(33)30-18-19-6-3-2-4-7-19/h2-4,6-7,11,13,16,21,24-25,28,31H,5,8-10,12,14-15,17-18H2,1H3,(H,30,33)/t21?,24?,25?,28-,29+/m0/s1. The predicted octanol–water partition coefficient (Wildman–Crippen LogP) is 5.53. The molecule has 0 spiro atoms. The van der Waals surface area contributed by atoms with Gasteiger partial charge in [-0.05, 0) is 91.0 Å². The van der Waals surface area contributed by atoms with Crippen LogP contribution in [-0.2, 0) is 22.6 Å². The second-order valence-electron chi connectivity index (χ2n) is 10.7. The molecule has 4 heteroatoms. The number of nitrogens with one attached hydrogen (secondary N) is 1. The fourth-order valence-electron chi connectivity index (χ4n) is 7.30. The topological polar surface area (TPSA) is 66.4 Å². The lowest BCUT2D eigenvalue weighted by molar-refractivity contribution is -0.129. The van der Waals surface area contributed by atoms with Gasteiger partial charge >= 0.3 is 0 Å². The maximum Gasteiger partial charge on any atom is 0.220 e. The van der Waals surface area contributed by atoms with E-state index in [0.29, 0.717) is 54.6 Å². The van der Waals surface area contributed by atoms with Crippen LogP contribution in [0.25, 0.3) is 0 Å². The van der Waals surface area contributed by atoms with Crippen molar-refractivity contribution in [2.45, 2.75) is 70.8 Å². The van der Waals surface area contributed by atoms with Gasteiger partial charge < -0.3 is 10.4 Å². The average Bonchev–Trinajstić information content (AvgIpc) is 3.08. The van der Waals surface area contributed by atoms with Crippen molar-refractivity contribution in [1.29, 1.82) is 0 Å². The molecule has 2 fully saturated rings. The molecule has 4 nitrogen and oxygen atoms in total. The van der Waals surface area contributed by atoms with Crippen LogP contribution in [0.5, 0.6) is 5.75 Å². The quantitative estimate of drug-likeness (QED) is 0.614. The Labute approximate surface area is 196 Å². The summed E-state index contributed by atoms with van der Waals surface area (Å²) in [5, 5.41) is 13.0. The Morgan fingerprint density at radius 2 is 1.97 bits per heavy atom. The highest BCUT2D eigenvalue weighted by molar-refractivity contribution is 5.87. The van der Waals surface area contributed by atoms with Crippen molar-refractivity contribution in [3.63, 3.8) is 0 Å². The molecule has 2 aromatic rings. The van der Waals surface area contributed by atoms with Crippen LogP contribution in [0.15, 0.2) is 48.5 Å². The number of hydrogen-bond donors (Lipinski definition) is 2. The molecule has 1 amide bonds. The molecule has 0 radical (unpaired) electrons. The number of phenols is 1. The lowest BCUT2D eigenvalue weighted by Gasteiger charge is -2.50. The van der Waals surface area contributed by atoms with Crippen molar-refractivity contribution in [3.8, 4) is 5.75 Å². The number of fused-ring (bicyclic) bond motifs is 5. The summed E-state index contributed by atoms with van der Waals surface area (Å²) in [5.41, 5.74) is 3.60. The summed E-state index contributed by atoms with van der Waals surface area (Å²) in [7, 11) is 0. The third kappa shape index (κ3) is 4.20. The average molecular weight is 446 g/mol. The van der Waals surface area contributed by atoms with Crippen LogP contribution in [0.2, 0.25) is 0 Å². The van der Waals surface area contributed by atoms with Gasteiger partial charge in [0, 0.05) is 24.8 Å². The number of carbonyl (C=O) groups is 2. The Morgan fingerprint density at radius 1 is 1.15 bits per heavy atom. The van der Waals surface area contributed by atoms with Gasteiger partial charge in [-0.3, -0.25) is 9.59 Å². The Bertz CT molecular complexity index is 1030. The molecule has 0 saturated heterocycles. The summed E-state index contributed by atoms with van der Waals surface area (Å²) in [4.78, 5) is 25.5. The number of benzene rings is 2. The number of aromatic hydroxyl groups is 1. The van der Waals surface area contributed by atoms with E-state index in [1.807, 2.05) is 42.5 Å². The van der Waals surface area contributed by atoms with Crippen LogP contribution < -0.4 is 5.32 Å². The Balaban J connectivity index is 1.23. The molecule has 33 heavy (non-hydrogen) atoms. The first-order valence-corrected chi connectivity index (χ1v) is 12.6. The largest absolute Gasteiger partial charge is 0.508 e. The molecule has 5 rings (SSSR count). The summed E-state index contributed by atoms with van der Waals surface area (Å²) in [5.74, 6) is 2.72. The number of aryl methyl sites for hydroxylation is 1. The zero-order chi connectivity index (χ0) is 23.0. The lowest BCUT2D eigenvalue weighted by Crippen LogP contribution is -2.44. The van der Waals surface area contributed by atoms with E-state index in [1.54, 1.807) is 0 Å². The molecule has 0 heterocycles. The first-order valence-electron chi connectivity index (χ1n) is 12.6. The second kappa shape index (κ2) is 8.96. The number of ketones is 1. The van der Waals surface area contributed by atoms with E-state index in [0.717, 1.165) is 44.1 Å². The van der Waals surface area contributed by atoms with Crippen molar-refractivity contribution in [2.24, 2.45) is 23.2 Å². The fourth-order valence-corrected chi connectivity index (χ4v) is 7.30. The van der Waals surface area contributed by atoms with Crippen LogP contribution in [0.4, 0.5) is 0 Å². The molecular formula is C29H35NO3. The fraction of sp³-hybridized carbons (Fsp3) is 0.517. The monoisotopic (exact) mass is 445 g/mol. The minimum atomic E-state index is -0.199. The molecule has 0 bridgehead atoms. The SMILES string of the molecule is C[C@]12CCC3c4ccc(O)cc4CCC3[C@@H]1C(CCCC(=O)NCc1ccccc1)CC2=O. The Morgan fingerprint density at radius 3 is 2.79 bits per heavy atom. The smallest absolute Gasteiger partial charge is 0.220 e. The molecule has 2 saturated carbocycles. The van der Waals surface area contributed by atoms with E-state index in [9.17, 15) is 14.7 Å². The Hall–Kier alpha value is -2.62. The third-order valence-electron chi connectivity index (χ3n) is 8.87. The molecule has 3 aliphatic carbocycles. The van der Waals surface area contributed by atoms with Crippen molar-refractivity contribution in [1.82, 2.24) is 5.32 Å². The van der Waals surface area contributed by atoms with Crippen molar-refractivity contribution < 1.29 is 14.7 Å². The van der Waals surface area contributed by atoms with Crippen molar-refractivity contribution in [3.05, 3.63) is 65.2 Å². The first kappa shape index (κ1) is 22.2. The second-order valence-corrected chi connectivity index (χ2v) is 10.7. The normalized spacial score (nSPS) is 30.3. The zero-order valence-electron chi connectivity index (χ0n) is 19.6. The van der Waals surface area contributed by atoms with E-state index < -0.39 is 0 Å². The van der Waals surface area contributed by atoms with E-state index in [4.69, 9.17) is 0 Å². The lowest BCUT2D eigenvalue weighted by atomic mass is 9.54. The molecular weight excluding hydrogens is 410 g/mol. The number of phenolic OH excluding ortho intramolecular Hbond substituents is 1. The summed E-state index contributed by atoms with van der Waals surface area (Å²) >= 11 is 0. The van der Waals surface area contributed by atoms with E-state index in [-0.39, 0.29) is 11.3 Å². The maximum atomic E-state index is 13.1. The van der Waals surface area contributed by atoms with Crippen LogP contribution >= 0.6 is 0 Å². The highest BCUT2D eigenvalue weighted by atomic mass is 16.3. The molecule has 2 N–H and O–H groups in total. The van der Waals surface area contributed by atoms with Gasteiger partial charge in [0.2, 0.25) is 5.91 Å². The molecule has 5 atom stereocenters. The molecule has 0 aromatic heterocycles. The third-order valence-corrected chi connectivity index (χ3v) is 8.87. The van der Waals surface area contributed by atoms with Crippen molar-refractivity contribution in [2.75, 3.05) is 0 Å². The van der Waals surface area contributed by atoms with Gasteiger partial charge in [0.15, 0.2) is 0 Å². The van der Waals surface area contributed by atoms with Gasteiger partial charge in [-0.25, -0.2) is 0 Å². The summed E-state index contributed by atoms with van der Waals surface area (Å²) in [6.45, 7) is 2.79. The highest BCUT2D eigenvalue weighted by Crippen LogP contribution is 2.62. The molecule has 2 aromatic carbocycles. The molecule has 3 unspecified atom stereocenters. The maximum absolute atomic E-state index is 13.1. The Kier molecular flexibility index (Phi) is 6.03. The minimum absolute atomic E-state index is 0.0962. The van der Waals surface area contributed by atoms with Gasteiger partial charge in [0.05, 0.1) is 0 Å². The van der Waals surface area contributed by atoms with Gasteiger partial charge in [-0.2, -0.15) is 0 Å². The molecule has 3 aliphatic rings. The number of rotatable bonds is 6. The van der Waals surface area contributed by atoms with Gasteiger partial charge in [0.25, 0.3) is 0 Å². The number of carbonyl (C=O) groups excluding carboxylic acids is 2. The van der Waals surface area contributed by atoms with Gasteiger partial charge in [-0.15, -0.1) is 0 Å². The van der Waals surface area contributed by atoms with E-state index >= 15 is 0 Å². The van der Waals surface area contributed by atoms with Crippen LogP contribution in [0, 0.1) is 23.2 Å². The van der Waals surface area contributed by atoms with Crippen LogP contribution in [0.1, 0.15) is 74.5 Å².